The molecule has 0 radical (unpaired) electrons. The topological polar surface area (TPSA) is 73.1 Å². The van der Waals surface area contributed by atoms with Crippen molar-refractivity contribution in [2.45, 2.75) is 12.8 Å². The molecule has 3 aromatic rings. The average Bonchev–Trinajstić information content (AvgIpc) is 3.38. The number of imidazole rings is 1. The van der Waals surface area contributed by atoms with Gasteiger partial charge in [0.05, 0.1) is 7.11 Å². The third-order valence-corrected chi connectivity index (χ3v) is 4.42. The molecule has 0 atom stereocenters. The van der Waals surface area contributed by atoms with Gasteiger partial charge in [-0.2, -0.15) is 0 Å². The van der Waals surface area contributed by atoms with Crippen LogP contribution in [0, 0.1) is 0 Å². The smallest absolute Gasteiger partial charge is 0.274 e. The van der Waals surface area contributed by atoms with Gasteiger partial charge in [-0.25, -0.2) is 15.0 Å². The van der Waals surface area contributed by atoms with Gasteiger partial charge in [-0.15, -0.1) is 0 Å². The van der Waals surface area contributed by atoms with E-state index in [4.69, 9.17) is 4.74 Å². The predicted molar refractivity (Wildman–Crippen MR) is 96.3 cm³/mol. The molecule has 0 aliphatic carbocycles. The van der Waals surface area contributed by atoms with Crippen LogP contribution < -0.4 is 4.74 Å². The van der Waals surface area contributed by atoms with Crippen molar-refractivity contribution >= 4 is 5.91 Å². The van der Waals surface area contributed by atoms with Crippen molar-refractivity contribution in [1.82, 2.24) is 24.4 Å². The highest BCUT2D eigenvalue weighted by Gasteiger charge is 2.24. The van der Waals surface area contributed by atoms with Crippen LogP contribution in [-0.4, -0.2) is 50.5 Å². The molecule has 0 saturated carbocycles. The lowest BCUT2D eigenvalue weighted by Crippen LogP contribution is -2.27. The highest BCUT2D eigenvalue weighted by Crippen LogP contribution is 2.24. The summed E-state index contributed by atoms with van der Waals surface area (Å²) in [7, 11) is 1.57. The van der Waals surface area contributed by atoms with Crippen LogP contribution in [0.15, 0.2) is 48.9 Å². The quantitative estimate of drug-likeness (QED) is 0.724. The number of nitrogens with zero attached hydrogens (tertiary/aromatic N) is 5. The van der Waals surface area contributed by atoms with Gasteiger partial charge in [0.2, 0.25) is 5.88 Å². The molecule has 1 fully saturated rings. The molecular weight excluding hydrogens is 330 g/mol. The zero-order valence-corrected chi connectivity index (χ0v) is 14.5. The molecule has 0 bridgehead atoms. The van der Waals surface area contributed by atoms with E-state index in [-0.39, 0.29) is 5.91 Å². The summed E-state index contributed by atoms with van der Waals surface area (Å²) in [5, 5.41) is 0. The Morgan fingerprint density at radius 1 is 1.12 bits per heavy atom. The zero-order valence-electron chi connectivity index (χ0n) is 14.5. The summed E-state index contributed by atoms with van der Waals surface area (Å²) in [5.74, 6) is 1.81. The van der Waals surface area contributed by atoms with Crippen LogP contribution in [-0.2, 0) is 0 Å². The SMILES string of the molecule is COc1ccc(-c2nc(C(=O)N3CCCC3)cn2-c2ccccn2)cn1. The Labute approximate surface area is 151 Å². The number of hydrogen-bond acceptors (Lipinski definition) is 5. The highest BCUT2D eigenvalue weighted by atomic mass is 16.5. The molecule has 7 heteroatoms. The van der Waals surface area contributed by atoms with Gasteiger partial charge in [0.1, 0.15) is 17.3 Å². The van der Waals surface area contributed by atoms with Gasteiger partial charge in [-0.3, -0.25) is 9.36 Å². The van der Waals surface area contributed by atoms with Gasteiger partial charge < -0.3 is 9.64 Å². The molecule has 4 rings (SSSR count). The Morgan fingerprint density at radius 3 is 2.62 bits per heavy atom. The fraction of sp³-hybridized carbons (Fsp3) is 0.263. The number of carbonyl (C=O) groups is 1. The van der Waals surface area contributed by atoms with Crippen LogP contribution in [0.3, 0.4) is 0 Å². The first-order valence-corrected chi connectivity index (χ1v) is 8.57. The number of aromatic nitrogens is 4. The summed E-state index contributed by atoms with van der Waals surface area (Å²) < 4.78 is 6.95. The molecule has 0 aromatic carbocycles. The van der Waals surface area contributed by atoms with Gasteiger partial charge in [0.25, 0.3) is 5.91 Å². The maximum Gasteiger partial charge on any atom is 0.274 e. The summed E-state index contributed by atoms with van der Waals surface area (Å²) in [4.78, 5) is 27.9. The highest BCUT2D eigenvalue weighted by molar-refractivity contribution is 5.93. The molecule has 26 heavy (non-hydrogen) atoms. The molecule has 3 aromatic heterocycles. The molecule has 0 spiro atoms. The van der Waals surface area contributed by atoms with E-state index in [1.807, 2.05) is 33.7 Å². The standard InChI is InChI=1S/C19H19N5O2/c1-26-17-8-7-14(12-21-17)18-22-15(19(25)23-10-4-5-11-23)13-24(18)16-6-2-3-9-20-16/h2-3,6-9,12-13H,4-5,10-11H2,1H3. The van der Waals surface area contributed by atoms with Crippen molar-refractivity contribution in [2.24, 2.45) is 0 Å². The monoisotopic (exact) mass is 349 g/mol. The average molecular weight is 349 g/mol. The first-order valence-electron chi connectivity index (χ1n) is 8.57. The Hall–Kier alpha value is -3.22. The van der Waals surface area contributed by atoms with Crippen molar-refractivity contribution < 1.29 is 9.53 Å². The number of rotatable bonds is 4. The lowest BCUT2D eigenvalue weighted by molar-refractivity contribution is 0.0787. The van der Waals surface area contributed by atoms with Gasteiger partial charge in [0.15, 0.2) is 0 Å². The van der Waals surface area contributed by atoms with Crippen LogP contribution in [0.2, 0.25) is 0 Å². The molecule has 1 aliphatic heterocycles. The molecule has 0 unspecified atom stereocenters. The van der Waals surface area contributed by atoms with Crippen molar-refractivity contribution in [1.29, 1.82) is 0 Å². The Morgan fingerprint density at radius 2 is 1.96 bits per heavy atom. The second-order valence-electron chi connectivity index (χ2n) is 6.10. The maximum absolute atomic E-state index is 12.8. The molecule has 4 heterocycles. The first-order chi connectivity index (χ1) is 12.8. The normalized spacial score (nSPS) is 13.8. The number of amides is 1. The number of methoxy groups -OCH3 is 1. The predicted octanol–water partition coefficient (Wildman–Crippen LogP) is 2.57. The number of ether oxygens (including phenoxy) is 1. The van der Waals surface area contributed by atoms with E-state index in [2.05, 4.69) is 15.0 Å². The van der Waals surface area contributed by atoms with Crippen LogP contribution >= 0.6 is 0 Å². The first kappa shape index (κ1) is 16.3. The van der Waals surface area contributed by atoms with Gasteiger partial charge in [-0.05, 0) is 31.0 Å². The number of hydrogen-bond donors (Lipinski definition) is 0. The van der Waals surface area contributed by atoms with Crippen LogP contribution in [0.5, 0.6) is 5.88 Å². The van der Waals surface area contributed by atoms with Gasteiger partial charge in [-0.1, -0.05) is 6.07 Å². The Kier molecular flexibility index (Phi) is 4.35. The molecule has 1 aliphatic rings. The summed E-state index contributed by atoms with van der Waals surface area (Å²) in [6.07, 6.45) is 7.24. The Bertz CT molecular complexity index is 899. The fourth-order valence-electron chi connectivity index (χ4n) is 3.07. The van der Waals surface area contributed by atoms with Crippen molar-refractivity contribution in [3.63, 3.8) is 0 Å². The molecule has 1 saturated heterocycles. The van der Waals surface area contributed by atoms with E-state index >= 15 is 0 Å². The molecular formula is C19H19N5O2. The molecule has 0 N–H and O–H groups in total. The summed E-state index contributed by atoms with van der Waals surface area (Å²) >= 11 is 0. The minimum absolute atomic E-state index is 0.0418. The maximum atomic E-state index is 12.8. The third-order valence-electron chi connectivity index (χ3n) is 4.42. The minimum atomic E-state index is -0.0418. The van der Waals surface area contributed by atoms with E-state index in [0.29, 0.717) is 23.2 Å². The van der Waals surface area contributed by atoms with E-state index in [9.17, 15) is 4.79 Å². The van der Waals surface area contributed by atoms with Gasteiger partial charge >= 0.3 is 0 Å². The fourth-order valence-corrected chi connectivity index (χ4v) is 3.07. The Balaban J connectivity index is 1.78. The van der Waals surface area contributed by atoms with Crippen LogP contribution in [0.1, 0.15) is 23.3 Å². The minimum Gasteiger partial charge on any atom is -0.481 e. The van der Waals surface area contributed by atoms with Crippen molar-refractivity contribution in [2.75, 3.05) is 20.2 Å². The summed E-state index contributed by atoms with van der Waals surface area (Å²) in [6.45, 7) is 1.57. The number of pyridine rings is 2. The van der Waals surface area contributed by atoms with E-state index < -0.39 is 0 Å². The third kappa shape index (κ3) is 3.03. The van der Waals surface area contributed by atoms with Crippen molar-refractivity contribution in [3.05, 3.63) is 54.6 Å². The second-order valence-corrected chi connectivity index (χ2v) is 6.10. The van der Waals surface area contributed by atoms with E-state index in [0.717, 1.165) is 31.5 Å². The number of likely N-dealkylation sites (tertiary alicyclic amines) is 1. The van der Waals surface area contributed by atoms with Gasteiger partial charge in [0, 0.05) is 43.3 Å². The number of carbonyl (C=O) groups excluding carboxylic acids is 1. The molecule has 7 nitrogen and oxygen atoms in total. The lowest BCUT2D eigenvalue weighted by atomic mass is 10.2. The largest absolute Gasteiger partial charge is 0.481 e. The summed E-state index contributed by atoms with van der Waals surface area (Å²) in [5.41, 5.74) is 1.21. The van der Waals surface area contributed by atoms with E-state index in [1.54, 1.807) is 31.8 Å². The van der Waals surface area contributed by atoms with Crippen molar-refractivity contribution in [3.8, 4) is 23.1 Å². The van der Waals surface area contributed by atoms with Crippen LogP contribution in [0.25, 0.3) is 17.2 Å². The second kappa shape index (κ2) is 6.95. The lowest BCUT2D eigenvalue weighted by Gasteiger charge is -2.12. The zero-order chi connectivity index (χ0) is 17.9. The molecule has 1 amide bonds. The molecule has 132 valence electrons. The summed E-state index contributed by atoms with van der Waals surface area (Å²) in [6, 6.07) is 9.28. The van der Waals surface area contributed by atoms with Crippen LogP contribution in [0.4, 0.5) is 0 Å². The van der Waals surface area contributed by atoms with E-state index in [1.165, 1.54) is 0 Å².